The third kappa shape index (κ3) is 2.35. The maximum Gasteiger partial charge on any atom is 0.107 e. The van der Waals surface area contributed by atoms with Gasteiger partial charge in [0.1, 0.15) is 6.10 Å². The van der Waals surface area contributed by atoms with Crippen LogP contribution in [0, 0.1) is 6.92 Å². The molecule has 1 unspecified atom stereocenters. The average molecular weight is 251 g/mol. The van der Waals surface area contributed by atoms with Crippen molar-refractivity contribution < 1.29 is 5.11 Å². The highest BCUT2D eigenvalue weighted by Crippen LogP contribution is 2.28. The zero-order valence-corrected chi connectivity index (χ0v) is 10.6. The predicted molar refractivity (Wildman–Crippen MR) is 68.2 cm³/mol. The van der Waals surface area contributed by atoms with Gasteiger partial charge in [0.25, 0.3) is 0 Å². The molecule has 0 aliphatic heterocycles. The molecule has 0 saturated heterocycles. The van der Waals surface area contributed by atoms with Gasteiger partial charge in [0.05, 0.1) is 6.20 Å². The van der Waals surface area contributed by atoms with Crippen LogP contribution in [0.4, 0.5) is 0 Å². The van der Waals surface area contributed by atoms with Crippen molar-refractivity contribution in [3.63, 3.8) is 0 Å². The van der Waals surface area contributed by atoms with Gasteiger partial charge in [-0.15, -0.1) is 0 Å². The molecule has 2 rings (SSSR count). The summed E-state index contributed by atoms with van der Waals surface area (Å²) >= 11 is 6.05. The van der Waals surface area contributed by atoms with Gasteiger partial charge in [0.15, 0.2) is 0 Å². The monoisotopic (exact) mass is 250 g/mol. The first-order valence-electron chi connectivity index (χ1n) is 5.59. The van der Waals surface area contributed by atoms with Crippen LogP contribution >= 0.6 is 11.6 Å². The van der Waals surface area contributed by atoms with Crippen molar-refractivity contribution >= 4 is 11.6 Å². The van der Waals surface area contributed by atoms with E-state index in [0.717, 1.165) is 23.2 Å². The fraction of sp³-hybridized carbons (Fsp3) is 0.308. The number of aryl methyl sites for hydroxylation is 1. The summed E-state index contributed by atoms with van der Waals surface area (Å²) in [4.78, 5) is 0. The number of hydrogen-bond acceptors (Lipinski definition) is 2. The Labute approximate surface area is 106 Å². The van der Waals surface area contributed by atoms with E-state index in [4.69, 9.17) is 11.6 Å². The van der Waals surface area contributed by atoms with E-state index in [0.29, 0.717) is 5.02 Å². The molecule has 0 bridgehead atoms. The summed E-state index contributed by atoms with van der Waals surface area (Å²) < 4.78 is 1.79. The summed E-state index contributed by atoms with van der Waals surface area (Å²) in [6.07, 6.45) is 2.87. The van der Waals surface area contributed by atoms with Crippen LogP contribution in [0.1, 0.15) is 29.7 Å². The van der Waals surface area contributed by atoms with Crippen LogP contribution in [0.3, 0.4) is 0 Å². The Kier molecular flexibility index (Phi) is 3.50. The molecule has 0 spiro atoms. The summed E-state index contributed by atoms with van der Waals surface area (Å²) in [5.74, 6) is 0. The molecule has 3 nitrogen and oxygen atoms in total. The molecule has 0 radical (unpaired) electrons. The fourth-order valence-corrected chi connectivity index (χ4v) is 1.98. The summed E-state index contributed by atoms with van der Waals surface area (Å²) in [6, 6.07) is 5.55. The number of aliphatic hydroxyl groups is 1. The van der Waals surface area contributed by atoms with Crippen molar-refractivity contribution in [1.82, 2.24) is 9.78 Å². The molecule has 1 aromatic heterocycles. The van der Waals surface area contributed by atoms with E-state index in [-0.39, 0.29) is 0 Å². The van der Waals surface area contributed by atoms with Crippen molar-refractivity contribution in [2.75, 3.05) is 0 Å². The first kappa shape index (κ1) is 12.1. The third-order valence-corrected chi connectivity index (χ3v) is 3.31. The standard InChI is InChI=1S/C13H15ClN2O/c1-3-16-8-10(7-15-16)13(17)11-5-4-6-12(14)9(11)2/h4-8,13,17H,3H2,1-2H3. The number of nitrogens with zero attached hydrogens (tertiary/aromatic N) is 2. The molecule has 1 N–H and O–H groups in total. The third-order valence-electron chi connectivity index (χ3n) is 2.90. The lowest BCUT2D eigenvalue weighted by Gasteiger charge is -2.12. The normalized spacial score (nSPS) is 12.7. The van der Waals surface area contributed by atoms with Crippen molar-refractivity contribution in [2.45, 2.75) is 26.5 Å². The molecule has 1 aromatic carbocycles. The Balaban J connectivity index is 2.36. The number of benzene rings is 1. The Hall–Kier alpha value is -1.32. The van der Waals surface area contributed by atoms with Gasteiger partial charge in [-0.3, -0.25) is 4.68 Å². The van der Waals surface area contributed by atoms with E-state index < -0.39 is 6.10 Å². The Morgan fingerprint density at radius 1 is 1.47 bits per heavy atom. The quantitative estimate of drug-likeness (QED) is 0.910. The minimum Gasteiger partial charge on any atom is -0.384 e. The average Bonchev–Trinajstić information content (AvgIpc) is 2.80. The summed E-state index contributed by atoms with van der Waals surface area (Å²) in [5.41, 5.74) is 2.52. The van der Waals surface area contributed by atoms with Crippen LogP contribution in [-0.2, 0) is 6.54 Å². The predicted octanol–water partition coefficient (Wildman–Crippen LogP) is 2.95. The van der Waals surface area contributed by atoms with E-state index >= 15 is 0 Å². The van der Waals surface area contributed by atoms with E-state index in [2.05, 4.69) is 5.10 Å². The van der Waals surface area contributed by atoms with Gasteiger partial charge >= 0.3 is 0 Å². The molecule has 0 aliphatic rings. The Morgan fingerprint density at radius 2 is 2.24 bits per heavy atom. The molecule has 1 heterocycles. The molecule has 90 valence electrons. The van der Waals surface area contributed by atoms with E-state index in [1.165, 1.54) is 0 Å². The number of rotatable bonds is 3. The SMILES string of the molecule is CCn1cc(C(O)c2cccc(Cl)c2C)cn1. The minimum absolute atomic E-state index is 0.671. The van der Waals surface area contributed by atoms with E-state index in [1.54, 1.807) is 10.9 Å². The fourth-order valence-electron chi connectivity index (χ4n) is 1.79. The van der Waals surface area contributed by atoms with Crippen LogP contribution in [-0.4, -0.2) is 14.9 Å². The zero-order valence-electron chi connectivity index (χ0n) is 9.89. The molecule has 0 saturated carbocycles. The van der Waals surface area contributed by atoms with Gasteiger partial charge in [0, 0.05) is 23.3 Å². The van der Waals surface area contributed by atoms with Crippen molar-refractivity contribution in [1.29, 1.82) is 0 Å². The number of hydrogen-bond donors (Lipinski definition) is 1. The van der Waals surface area contributed by atoms with Gasteiger partial charge in [0.2, 0.25) is 0 Å². The van der Waals surface area contributed by atoms with Crippen LogP contribution in [0.5, 0.6) is 0 Å². The van der Waals surface area contributed by atoms with Gasteiger partial charge in [-0.2, -0.15) is 5.10 Å². The number of aliphatic hydroxyl groups excluding tert-OH is 1. The van der Waals surface area contributed by atoms with Crippen molar-refractivity contribution in [3.05, 3.63) is 52.3 Å². The Morgan fingerprint density at radius 3 is 2.88 bits per heavy atom. The number of halogens is 1. The first-order chi connectivity index (χ1) is 8.13. The van der Waals surface area contributed by atoms with Crippen molar-refractivity contribution in [2.24, 2.45) is 0 Å². The summed E-state index contributed by atoms with van der Waals surface area (Å²) in [7, 11) is 0. The molecule has 1 atom stereocenters. The van der Waals surface area contributed by atoms with Gasteiger partial charge in [-0.25, -0.2) is 0 Å². The second-order valence-corrected chi connectivity index (χ2v) is 4.39. The van der Waals surface area contributed by atoms with Crippen molar-refractivity contribution in [3.8, 4) is 0 Å². The second-order valence-electron chi connectivity index (χ2n) is 3.99. The van der Waals surface area contributed by atoms with Gasteiger partial charge in [-0.1, -0.05) is 23.7 Å². The molecule has 0 fully saturated rings. The van der Waals surface area contributed by atoms with Gasteiger partial charge in [-0.05, 0) is 31.0 Å². The first-order valence-corrected chi connectivity index (χ1v) is 5.96. The lowest BCUT2D eigenvalue weighted by atomic mass is 10.00. The summed E-state index contributed by atoms with van der Waals surface area (Å²) in [6.45, 7) is 4.71. The topological polar surface area (TPSA) is 38.0 Å². The highest BCUT2D eigenvalue weighted by Gasteiger charge is 2.15. The largest absolute Gasteiger partial charge is 0.384 e. The van der Waals surface area contributed by atoms with Gasteiger partial charge < -0.3 is 5.11 Å². The lowest BCUT2D eigenvalue weighted by Crippen LogP contribution is -2.01. The smallest absolute Gasteiger partial charge is 0.107 e. The maximum atomic E-state index is 10.3. The Bertz CT molecular complexity index is 522. The van der Waals surface area contributed by atoms with Crippen LogP contribution < -0.4 is 0 Å². The second kappa shape index (κ2) is 4.90. The van der Waals surface area contributed by atoms with E-state index in [1.807, 2.05) is 38.2 Å². The van der Waals surface area contributed by atoms with Crippen LogP contribution in [0.15, 0.2) is 30.6 Å². The maximum absolute atomic E-state index is 10.3. The molecule has 17 heavy (non-hydrogen) atoms. The van der Waals surface area contributed by atoms with Crippen LogP contribution in [0.2, 0.25) is 5.02 Å². The van der Waals surface area contributed by atoms with E-state index in [9.17, 15) is 5.11 Å². The minimum atomic E-state index is -0.672. The molecule has 0 aliphatic carbocycles. The molecular weight excluding hydrogens is 236 g/mol. The molecule has 2 aromatic rings. The highest BCUT2D eigenvalue weighted by molar-refractivity contribution is 6.31. The van der Waals surface area contributed by atoms with Crippen LogP contribution in [0.25, 0.3) is 0 Å². The summed E-state index contributed by atoms with van der Waals surface area (Å²) in [5, 5.41) is 15.1. The number of aromatic nitrogens is 2. The molecule has 0 amide bonds. The lowest BCUT2D eigenvalue weighted by molar-refractivity contribution is 0.219. The zero-order chi connectivity index (χ0) is 12.4. The highest BCUT2D eigenvalue weighted by atomic mass is 35.5. The molecular formula is C13H15ClN2O. The molecule has 4 heteroatoms.